The molecule has 5 rings (SSSR count). The average molecular weight is 428 g/mol. The molecule has 31 heavy (non-hydrogen) atoms. The van der Waals surface area contributed by atoms with Crippen molar-refractivity contribution in [1.82, 2.24) is 15.0 Å². The number of Topliss-reactive ketones (excluding diaryl/α,β-unsaturated/α-hetero) is 1. The Bertz CT molecular complexity index is 806. The zero-order valence-corrected chi connectivity index (χ0v) is 19.7. The first kappa shape index (κ1) is 21.6. The number of carbonyl (C=O) groups excluding carboxylic acids is 1. The highest BCUT2D eigenvalue weighted by Gasteiger charge is 2.62. The van der Waals surface area contributed by atoms with Gasteiger partial charge in [0.1, 0.15) is 6.54 Å². The third-order valence-electron chi connectivity index (χ3n) is 10.5. The maximum atomic E-state index is 13.3. The zero-order valence-electron chi connectivity index (χ0n) is 19.7. The number of carbonyl (C=O) groups is 1. The molecule has 0 unspecified atom stereocenters. The molecule has 5 heteroatoms. The standard InChI is InChI=1S/C26H41N3O2/c1-4-10-26-13-12-24(2,31)16-18(26)5-6-19-20-7-8-22(25(20,3)11-9-21(19)26)23(30)17-29-15-14-27-28-29/h14-15,18-22,31H,4-13,16-17H2,1-3H3/t18-,19-,20-,21-,22+,24+,25-,26-/m0/s1. The van der Waals surface area contributed by atoms with Crippen LogP contribution in [0.25, 0.3) is 0 Å². The van der Waals surface area contributed by atoms with Crippen LogP contribution < -0.4 is 0 Å². The van der Waals surface area contributed by atoms with Crippen molar-refractivity contribution in [2.75, 3.05) is 0 Å². The number of aromatic nitrogens is 3. The van der Waals surface area contributed by atoms with Gasteiger partial charge in [-0.15, -0.1) is 5.10 Å². The first-order valence-electron chi connectivity index (χ1n) is 12.9. The van der Waals surface area contributed by atoms with Gasteiger partial charge in [-0.25, -0.2) is 4.68 Å². The Labute approximate surface area is 187 Å². The monoisotopic (exact) mass is 427 g/mol. The highest BCUT2D eigenvalue weighted by Crippen LogP contribution is 2.69. The molecule has 1 N–H and O–H groups in total. The van der Waals surface area contributed by atoms with Crippen LogP contribution in [0.3, 0.4) is 0 Å². The summed E-state index contributed by atoms with van der Waals surface area (Å²) >= 11 is 0. The van der Waals surface area contributed by atoms with E-state index in [1.165, 1.54) is 51.4 Å². The number of fused-ring (bicyclic) bond motifs is 5. The molecule has 0 bridgehead atoms. The lowest BCUT2D eigenvalue weighted by atomic mass is 9.42. The first-order valence-corrected chi connectivity index (χ1v) is 12.9. The molecule has 8 atom stereocenters. The number of hydrogen-bond donors (Lipinski definition) is 1. The third-order valence-corrected chi connectivity index (χ3v) is 10.5. The Hall–Kier alpha value is -1.23. The Kier molecular flexibility index (Phi) is 5.35. The Morgan fingerprint density at radius 3 is 2.68 bits per heavy atom. The molecule has 0 amide bonds. The predicted molar refractivity (Wildman–Crippen MR) is 120 cm³/mol. The molecule has 172 valence electrons. The van der Waals surface area contributed by atoms with Gasteiger partial charge in [0, 0.05) is 12.1 Å². The highest BCUT2D eigenvalue weighted by molar-refractivity contribution is 5.82. The van der Waals surface area contributed by atoms with E-state index in [0.29, 0.717) is 29.6 Å². The fourth-order valence-corrected chi connectivity index (χ4v) is 9.31. The molecule has 4 saturated carbocycles. The van der Waals surface area contributed by atoms with Crippen LogP contribution in [-0.2, 0) is 11.3 Å². The molecule has 5 nitrogen and oxygen atoms in total. The second-order valence-corrected chi connectivity index (χ2v) is 12.1. The number of aliphatic hydroxyl groups is 1. The summed E-state index contributed by atoms with van der Waals surface area (Å²) in [7, 11) is 0. The van der Waals surface area contributed by atoms with E-state index in [4.69, 9.17) is 0 Å². The van der Waals surface area contributed by atoms with Crippen molar-refractivity contribution < 1.29 is 9.90 Å². The molecule has 4 aliphatic rings. The molecule has 4 aliphatic carbocycles. The van der Waals surface area contributed by atoms with E-state index in [-0.39, 0.29) is 11.3 Å². The summed E-state index contributed by atoms with van der Waals surface area (Å²) in [5.41, 5.74) is 0.119. The summed E-state index contributed by atoms with van der Waals surface area (Å²) in [6.45, 7) is 7.23. The Balaban J connectivity index is 1.38. The van der Waals surface area contributed by atoms with E-state index in [2.05, 4.69) is 31.1 Å². The number of rotatable bonds is 5. The van der Waals surface area contributed by atoms with E-state index in [9.17, 15) is 9.90 Å². The van der Waals surface area contributed by atoms with Gasteiger partial charge in [-0.1, -0.05) is 25.5 Å². The predicted octanol–water partition coefficient (Wildman–Crippen LogP) is 5.04. The molecule has 1 heterocycles. The van der Waals surface area contributed by atoms with E-state index in [1.54, 1.807) is 17.1 Å². The zero-order chi connectivity index (χ0) is 21.9. The van der Waals surface area contributed by atoms with Crippen molar-refractivity contribution in [3.05, 3.63) is 12.4 Å². The first-order chi connectivity index (χ1) is 14.8. The lowest BCUT2D eigenvalue weighted by Gasteiger charge is -2.63. The maximum Gasteiger partial charge on any atom is 0.157 e. The van der Waals surface area contributed by atoms with E-state index in [1.807, 2.05) is 0 Å². The summed E-state index contributed by atoms with van der Waals surface area (Å²) in [5, 5.41) is 18.7. The van der Waals surface area contributed by atoms with Gasteiger partial charge in [0.2, 0.25) is 0 Å². The number of hydrogen-bond acceptors (Lipinski definition) is 4. The van der Waals surface area contributed by atoms with Gasteiger partial charge >= 0.3 is 0 Å². The molecule has 4 fully saturated rings. The van der Waals surface area contributed by atoms with Gasteiger partial charge in [0.15, 0.2) is 5.78 Å². The van der Waals surface area contributed by atoms with Crippen molar-refractivity contribution in [1.29, 1.82) is 0 Å². The van der Waals surface area contributed by atoms with Gasteiger partial charge in [0.25, 0.3) is 0 Å². The minimum Gasteiger partial charge on any atom is -0.390 e. The topological polar surface area (TPSA) is 68.0 Å². The van der Waals surface area contributed by atoms with Crippen LogP contribution in [0.4, 0.5) is 0 Å². The highest BCUT2D eigenvalue weighted by atomic mass is 16.3. The SMILES string of the molecule is CCC[C@]12CC[C@@](C)(O)C[C@@H]1CC[C@H]1[C@@H]3CC[C@H](C(=O)Cn4ccnn4)[C@@]3(C)CC[C@@H]12. The van der Waals surface area contributed by atoms with Crippen molar-refractivity contribution in [2.45, 2.75) is 104 Å². The smallest absolute Gasteiger partial charge is 0.157 e. The second kappa shape index (κ2) is 7.67. The van der Waals surface area contributed by atoms with E-state index >= 15 is 0 Å². The molecular formula is C26H41N3O2. The summed E-state index contributed by atoms with van der Waals surface area (Å²) < 4.78 is 1.69. The molecule has 0 aliphatic heterocycles. The van der Waals surface area contributed by atoms with Crippen molar-refractivity contribution in [2.24, 2.45) is 40.4 Å². The van der Waals surface area contributed by atoms with Crippen LogP contribution >= 0.6 is 0 Å². The van der Waals surface area contributed by atoms with E-state index in [0.717, 1.165) is 31.1 Å². The van der Waals surface area contributed by atoms with Gasteiger partial charge in [-0.05, 0) is 106 Å². The van der Waals surface area contributed by atoms with Crippen LogP contribution in [0.5, 0.6) is 0 Å². The van der Waals surface area contributed by atoms with Gasteiger partial charge in [-0.3, -0.25) is 4.79 Å². The van der Waals surface area contributed by atoms with Gasteiger partial charge < -0.3 is 5.11 Å². The van der Waals surface area contributed by atoms with Crippen molar-refractivity contribution in [3.63, 3.8) is 0 Å². The summed E-state index contributed by atoms with van der Waals surface area (Å²) in [4.78, 5) is 13.3. The van der Waals surface area contributed by atoms with Gasteiger partial charge in [0.05, 0.1) is 11.8 Å². The average Bonchev–Trinajstić information content (AvgIpc) is 3.35. The number of nitrogens with zero attached hydrogens (tertiary/aromatic N) is 3. The normalized spacial score (nSPS) is 46.8. The van der Waals surface area contributed by atoms with Crippen molar-refractivity contribution >= 4 is 5.78 Å². The molecule has 0 saturated heterocycles. The van der Waals surface area contributed by atoms with Crippen LogP contribution in [0.1, 0.15) is 91.4 Å². The molecule has 1 aromatic rings. The van der Waals surface area contributed by atoms with Crippen LogP contribution in [0.15, 0.2) is 12.4 Å². The molecular weight excluding hydrogens is 386 g/mol. The van der Waals surface area contributed by atoms with Crippen LogP contribution in [0.2, 0.25) is 0 Å². The summed E-state index contributed by atoms with van der Waals surface area (Å²) in [6, 6.07) is 0. The van der Waals surface area contributed by atoms with E-state index < -0.39 is 5.60 Å². The lowest BCUT2D eigenvalue weighted by molar-refractivity contribution is -0.160. The van der Waals surface area contributed by atoms with Crippen LogP contribution in [0, 0.1) is 40.4 Å². The fourth-order valence-electron chi connectivity index (χ4n) is 9.31. The second-order valence-electron chi connectivity index (χ2n) is 12.1. The fraction of sp³-hybridized carbons (Fsp3) is 0.885. The quantitative estimate of drug-likeness (QED) is 0.715. The maximum absolute atomic E-state index is 13.3. The lowest BCUT2D eigenvalue weighted by Crippen LogP contribution is -2.56. The Morgan fingerprint density at radius 2 is 1.94 bits per heavy atom. The molecule has 0 aromatic carbocycles. The summed E-state index contributed by atoms with van der Waals surface area (Å²) in [6.07, 6.45) is 16.5. The Morgan fingerprint density at radius 1 is 1.10 bits per heavy atom. The largest absolute Gasteiger partial charge is 0.390 e. The third kappa shape index (κ3) is 3.41. The molecule has 0 spiro atoms. The molecule has 0 radical (unpaired) electrons. The summed E-state index contributed by atoms with van der Waals surface area (Å²) in [5.74, 6) is 3.48. The number of ketones is 1. The van der Waals surface area contributed by atoms with Crippen LogP contribution in [-0.4, -0.2) is 31.5 Å². The molecule has 1 aromatic heterocycles. The minimum absolute atomic E-state index is 0.152. The van der Waals surface area contributed by atoms with Gasteiger partial charge in [-0.2, -0.15) is 0 Å². The van der Waals surface area contributed by atoms with Crippen molar-refractivity contribution in [3.8, 4) is 0 Å². The minimum atomic E-state index is -0.468.